The molecule has 0 saturated carbocycles. The van der Waals surface area contributed by atoms with E-state index in [2.05, 4.69) is 10.4 Å². The van der Waals surface area contributed by atoms with E-state index in [1.165, 1.54) is 5.01 Å². The van der Waals surface area contributed by atoms with Gasteiger partial charge in [0.1, 0.15) is 25.0 Å². The van der Waals surface area contributed by atoms with Gasteiger partial charge >= 0.3 is 0 Å². The van der Waals surface area contributed by atoms with Crippen LogP contribution in [0.4, 0.5) is 11.4 Å². The molecule has 138 valence electrons. The maximum atomic E-state index is 12.6. The fraction of sp³-hybridized carbons (Fsp3) is 0.211. The largest absolute Gasteiger partial charge is 0.486 e. The van der Waals surface area contributed by atoms with E-state index in [0.717, 1.165) is 0 Å². The lowest BCUT2D eigenvalue weighted by atomic mass is 10.1. The number of hydrogen-bond donors (Lipinski definition) is 2. The molecule has 0 saturated heterocycles. The van der Waals surface area contributed by atoms with Gasteiger partial charge < -0.3 is 20.5 Å². The lowest BCUT2D eigenvalue weighted by Gasteiger charge is -2.20. The number of carbonyl (C=O) groups is 2. The van der Waals surface area contributed by atoms with Gasteiger partial charge in [-0.2, -0.15) is 5.10 Å². The summed E-state index contributed by atoms with van der Waals surface area (Å²) in [4.78, 5) is 24.5. The van der Waals surface area contributed by atoms with Crippen molar-refractivity contribution in [3.63, 3.8) is 0 Å². The van der Waals surface area contributed by atoms with Crippen molar-refractivity contribution in [2.24, 2.45) is 10.8 Å². The van der Waals surface area contributed by atoms with E-state index in [1.54, 1.807) is 30.3 Å². The van der Waals surface area contributed by atoms with Crippen molar-refractivity contribution < 1.29 is 19.1 Å². The van der Waals surface area contributed by atoms with Crippen LogP contribution in [0.25, 0.3) is 0 Å². The number of nitrogens with zero attached hydrogens (tertiary/aromatic N) is 2. The molecule has 0 spiro atoms. The second-order valence-electron chi connectivity index (χ2n) is 6.16. The molecule has 3 N–H and O–H groups in total. The second kappa shape index (κ2) is 6.99. The Kier molecular flexibility index (Phi) is 4.37. The minimum atomic E-state index is -0.701. The first-order chi connectivity index (χ1) is 13.1. The standard InChI is InChI=1S/C19H18N4O4/c20-18(24)15-11-14(22-23(15)13-4-2-1-3-5-13)19(25)21-12-6-7-16-17(10-12)27-9-8-26-16/h1-7,10,15H,8-9,11H2,(H2,20,24)(H,21,25)/t15-/m0/s1. The highest BCUT2D eigenvalue weighted by molar-refractivity contribution is 6.44. The number of carbonyl (C=O) groups excluding carboxylic acids is 2. The van der Waals surface area contributed by atoms with Gasteiger partial charge in [-0.05, 0) is 24.3 Å². The Morgan fingerprint density at radius 3 is 2.56 bits per heavy atom. The molecule has 2 aliphatic rings. The minimum Gasteiger partial charge on any atom is -0.486 e. The highest BCUT2D eigenvalue weighted by atomic mass is 16.6. The summed E-state index contributed by atoms with van der Waals surface area (Å²) in [5.74, 6) is 0.288. The number of para-hydroxylation sites is 1. The summed E-state index contributed by atoms with van der Waals surface area (Å²) >= 11 is 0. The van der Waals surface area contributed by atoms with Crippen LogP contribution in [-0.2, 0) is 9.59 Å². The first kappa shape index (κ1) is 16.9. The molecule has 0 bridgehead atoms. The number of anilines is 2. The summed E-state index contributed by atoms with van der Waals surface area (Å²) in [5, 5.41) is 8.59. The molecule has 0 aromatic heterocycles. The van der Waals surface area contributed by atoms with Crippen molar-refractivity contribution in [2.45, 2.75) is 12.5 Å². The summed E-state index contributed by atoms with van der Waals surface area (Å²) in [6, 6.07) is 13.6. The molecular formula is C19H18N4O4. The van der Waals surface area contributed by atoms with Crippen LogP contribution in [0.2, 0.25) is 0 Å². The molecule has 2 aromatic rings. The number of amides is 2. The molecule has 0 fully saturated rings. The van der Waals surface area contributed by atoms with Crippen LogP contribution in [0.15, 0.2) is 53.6 Å². The SMILES string of the molecule is NC(=O)[C@@H]1CC(C(=O)Nc2ccc3c(c2)OCCO3)=NN1c1ccccc1. The summed E-state index contributed by atoms with van der Waals surface area (Å²) in [7, 11) is 0. The van der Waals surface area contributed by atoms with Crippen LogP contribution in [0, 0.1) is 0 Å². The first-order valence-electron chi connectivity index (χ1n) is 8.54. The zero-order valence-corrected chi connectivity index (χ0v) is 14.4. The van der Waals surface area contributed by atoms with Gasteiger partial charge in [0.25, 0.3) is 5.91 Å². The Bertz CT molecular complexity index is 913. The number of hydrogen-bond acceptors (Lipinski definition) is 6. The third kappa shape index (κ3) is 3.41. The van der Waals surface area contributed by atoms with Crippen molar-refractivity contribution in [3.8, 4) is 11.5 Å². The molecule has 2 aliphatic heterocycles. The molecule has 8 heteroatoms. The van der Waals surface area contributed by atoms with Crippen LogP contribution in [0.5, 0.6) is 11.5 Å². The number of hydrazone groups is 1. The Labute approximate surface area is 155 Å². The average molecular weight is 366 g/mol. The van der Waals surface area contributed by atoms with E-state index >= 15 is 0 Å². The molecule has 0 radical (unpaired) electrons. The number of nitrogens with one attached hydrogen (secondary N) is 1. The Balaban J connectivity index is 1.54. The lowest BCUT2D eigenvalue weighted by Crippen LogP contribution is -2.39. The van der Waals surface area contributed by atoms with Crippen molar-refractivity contribution in [3.05, 3.63) is 48.5 Å². The van der Waals surface area contributed by atoms with Crippen molar-refractivity contribution in [1.82, 2.24) is 0 Å². The Morgan fingerprint density at radius 1 is 1.07 bits per heavy atom. The van der Waals surface area contributed by atoms with Crippen LogP contribution < -0.4 is 25.5 Å². The predicted molar refractivity (Wildman–Crippen MR) is 100 cm³/mol. The molecule has 0 aliphatic carbocycles. The molecule has 2 amide bonds. The zero-order valence-electron chi connectivity index (χ0n) is 14.4. The van der Waals surface area contributed by atoms with Gasteiger partial charge in [-0.15, -0.1) is 0 Å². The van der Waals surface area contributed by atoms with Gasteiger partial charge in [0.15, 0.2) is 11.5 Å². The predicted octanol–water partition coefficient (Wildman–Crippen LogP) is 1.52. The molecule has 0 unspecified atom stereocenters. The van der Waals surface area contributed by atoms with Gasteiger partial charge in [0.2, 0.25) is 5.91 Å². The normalized spacial score (nSPS) is 18.0. The monoisotopic (exact) mass is 366 g/mol. The molecule has 2 aromatic carbocycles. The molecule has 8 nitrogen and oxygen atoms in total. The molecular weight excluding hydrogens is 348 g/mol. The summed E-state index contributed by atoms with van der Waals surface area (Å²) in [5.41, 5.74) is 6.99. The van der Waals surface area contributed by atoms with E-state index in [4.69, 9.17) is 15.2 Å². The van der Waals surface area contributed by atoms with Crippen LogP contribution >= 0.6 is 0 Å². The van der Waals surface area contributed by atoms with Gasteiger partial charge in [-0.3, -0.25) is 14.6 Å². The fourth-order valence-corrected chi connectivity index (χ4v) is 3.01. The van der Waals surface area contributed by atoms with Crippen LogP contribution in [0.3, 0.4) is 0 Å². The van der Waals surface area contributed by atoms with Crippen molar-refractivity contribution in [1.29, 1.82) is 0 Å². The van der Waals surface area contributed by atoms with Gasteiger partial charge in [-0.1, -0.05) is 18.2 Å². The average Bonchev–Trinajstić information content (AvgIpc) is 3.15. The summed E-state index contributed by atoms with van der Waals surface area (Å²) in [6.45, 7) is 0.961. The first-order valence-corrected chi connectivity index (χ1v) is 8.54. The van der Waals surface area contributed by atoms with E-state index in [9.17, 15) is 9.59 Å². The van der Waals surface area contributed by atoms with Gasteiger partial charge in [0.05, 0.1) is 5.69 Å². The van der Waals surface area contributed by atoms with Crippen LogP contribution in [-0.4, -0.2) is 36.8 Å². The fourth-order valence-electron chi connectivity index (χ4n) is 3.01. The van der Waals surface area contributed by atoms with Crippen molar-refractivity contribution in [2.75, 3.05) is 23.5 Å². The molecule has 27 heavy (non-hydrogen) atoms. The third-order valence-electron chi connectivity index (χ3n) is 4.32. The van der Waals surface area contributed by atoms with Gasteiger partial charge in [0, 0.05) is 18.2 Å². The summed E-state index contributed by atoms with van der Waals surface area (Å²) in [6.07, 6.45) is 0.139. The van der Waals surface area contributed by atoms with E-state index in [0.29, 0.717) is 36.1 Å². The van der Waals surface area contributed by atoms with Crippen LogP contribution in [0.1, 0.15) is 6.42 Å². The smallest absolute Gasteiger partial charge is 0.271 e. The number of rotatable bonds is 4. The van der Waals surface area contributed by atoms with Crippen molar-refractivity contribution >= 4 is 28.9 Å². The number of fused-ring (bicyclic) bond motifs is 1. The number of ether oxygens (including phenoxy) is 2. The zero-order chi connectivity index (χ0) is 18.8. The number of nitrogens with two attached hydrogens (primary N) is 1. The number of primary amides is 1. The maximum absolute atomic E-state index is 12.6. The van der Waals surface area contributed by atoms with E-state index in [-0.39, 0.29) is 12.1 Å². The topological polar surface area (TPSA) is 106 Å². The summed E-state index contributed by atoms with van der Waals surface area (Å²) < 4.78 is 11.0. The number of benzene rings is 2. The van der Waals surface area contributed by atoms with E-state index < -0.39 is 17.9 Å². The highest BCUT2D eigenvalue weighted by Crippen LogP contribution is 2.33. The third-order valence-corrected chi connectivity index (χ3v) is 4.32. The maximum Gasteiger partial charge on any atom is 0.271 e. The second-order valence-corrected chi connectivity index (χ2v) is 6.16. The Hall–Kier alpha value is -3.55. The molecule has 2 heterocycles. The minimum absolute atomic E-state index is 0.139. The lowest BCUT2D eigenvalue weighted by molar-refractivity contribution is -0.119. The molecule has 1 atom stereocenters. The molecule has 4 rings (SSSR count). The van der Waals surface area contributed by atoms with Gasteiger partial charge in [-0.25, -0.2) is 0 Å². The Morgan fingerprint density at radius 2 is 1.81 bits per heavy atom. The quantitative estimate of drug-likeness (QED) is 0.853. The van der Waals surface area contributed by atoms with E-state index in [1.807, 2.05) is 18.2 Å². The highest BCUT2D eigenvalue weighted by Gasteiger charge is 2.35.